The molecule has 0 saturated heterocycles. The number of carbonyl (C=O) groups excluding carboxylic acids is 2. The summed E-state index contributed by atoms with van der Waals surface area (Å²) in [6.45, 7) is 1.93. The number of hydrogen-bond donors (Lipinski definition) is 2. The molecule has 0 unspecified atom stereocenters. The molecule has 2 N–H and O–H groups in total. The maximum Gasteiger partial charge on any atom is 0.340 e. The summed E-state index contributed by atoms with van der Waals surface area (Å²) in [6, 6.07) is 1.49. The number of ether oxygens (including phenoxy) is 1. The van der Waals surface area contributed by atoms with Crippen LogP contribution in [0.15, 0.2) is 43.4 Å². The maximum atomic E-state index is 13.1. The Morgan fingerprint density at radius 3 is 2.67 bits per heavy atom. The fourth-order valence-electron chi connectivity index (χ4n) is 2.79. The minimum atomic E-state index is -0.548. The predicted octanol–water partition coefficient (Wildman–Crippen LogP) is 2.71. The molecule has 4 rings (SSSR count). The summed E-state index contributed by atoms with van der Waals surface area (Å²) in [5, 5.41) is 5.72. The van der Waals surface area contributed by atoms with Crippen molar-refractivity contribution < 1.29 is 14.3 Å². The lowest BCUT2D eigenvalue weighted by Crippen LogP contribution is -2.20. The molecule has 3 heterocycles. The molecule has 1 saturated carbocycles. The van der Waals surface area contributed by atoms with Crippen LogP contribution < -0.4 is 10.6 Å². The second-order valence-corrected chi connectivity index (χ2v) is 6.61. The van der Waals surface area contributed by atoms with Crippen molar-refractivity contribution >= 4 is 29.1 Å². The van der Waals surface area contributed by atoms with Crippen molar-refractivity contribution in [2.24, 2.45) is 0 Å². The number of rotatable bonds is 7. The predicted molar refractivity (Wildman–Crippen MR) is 107 cm³/mol. The molecule has 10 heteroatoms. The second kappa shape index (κ2) is 8.60. The number of amides is 1. The van der Waals surface area contributed by atoms with Crippen molar-refractivity contribution in [2.75, 3.05) is 17.2 Å². The van der Waals surface area contributed by atoms with Gasteiger partial charge in [0.15, 0.2) is 11.5 Å². The zero-order chi connectivity index (χ0) is 20.9. The zero-order valence-corrected chi connectivity index (χ0v) is 16.2. The van der Waals surface area contributed by atoms with Gasteiger partial charge in [0.25, 0.3) is 5.91 Å². The number of nitrogens with one attached hydrogen (secondary N) is 2. The monoisotopic (exact) mass is 405 g/mol. The van der Waals surface area contributed by atoms with E-state index in [-0.39, 0.29) is 29.4 Å². The Labute approximate surface area is 172 Å². The molecule has 0 atom stereocenters. The Hall–Kier alpha value is -3.95. The minimum Gasteiger partial charge on any atom is -0.462 e. The van der Waals surface area contributed by atoms with Crippen molar-refractivity contribution in [1.82, 2.24) is 24.9 Å². The van der Waals surface area contributed by atoms with Crippen LogP contribution in [0.5, 0.6) is 0 Å². The van der Waals surface area contributed by atoms with Gasteiger partial charge in [-0.3, -0.25) is 9.78 Å². The molecule has 1 fully saturated rings. The Kier molecular flexibility index (Phi) is 5.55. The Morgan fingerprint density at radius 2 is 1.93 bits per heavy atom. The fraction of sp³-hybridized carbons (Fsp3) is 0.250. The van der Waals surface area contributed by atoms with E-state index in [4.69, 9.17) is 4.74 Å². The van der Waals surface area contributed by atoms with Crippen molar-refractivity contribution in [2.45, 2.75) is 25.7 Å². The van der Waals surface area contributed by atoms with E-state index >= 15 is 0 Å². The van der Waals surface area contributed by atoms with Gasteiger partial charge in [0.1, 0.15) is 6.33 Å². The van der Waals surface area contributed by atoms with Crippen LogP contribution >= 0.6 is 0 Å². The van der Waals surface area contributed by atoms with Crippen LogP contribution in [0.1, 0.15) is 52.2 Å². The topological polar surface area (TPSA) is 132 Å². The largest absolute Gasteiger partial charge is 0.462 e. The van der Waals surface area contributed by atoms with Gasteiger partial charge in [-0.2, -0.15) is 0 Å². The van der Waals surface area contributed by atoms with Gasteiger partial charge >= 0.3 is 5.97 Å². The van der Waals surface area contributed by atoms with Crippen LogP contribution in [0.4, 0.5) is 17.2 Å². The summed E-state index contributed by atoms with van der Waals surface area (Å²) in [4.78, 5) is 46.1. The highest BCUT2D eigenvalue weighted by Gasteiger charge is 2.28. The first-order valence-corrected chi connectivity index (χ1v) is 9.47. The second-order valence-electron chi connectivity index (χ2n) is 6.61. The lowest BCUT2D eigenvalue weighted by atomic mass is 10.2. The third-order valence-corrected chi connectivity index (χ3v) is 4.39. The number of aromatic nitrogens is 5. The number of carbonyl (C=O) groups is 2. The normalized spacial score (nSPS) is 12.8. The van der Waals surface area contributed by atoms with E-state index in [9.17, 15) is 9.59 Å². The van der Waals surface area contributed by atoms with Crippen LogP contribution in [-0.4, -0.2) is 43.4 Å². The smallest absolute Gasteiger partial charge is 0.340 e. The first-order chi connectivity index (χ1) is 14.7. The number of esters is 1. The highest BCUT2D eigenvalue weighted by atomic mass is 16.5. The minimum absolute atomic E-state index is 0.0990. The lowest BCUT2D eigenvalue weighted by molar-refractivity contribution is 0.0527. The molecule has 10 nitrogen and oxygen atoms in total. The Bertz CT molecular complexity index is 1070. The molecule has 0 bridgehead atoms. The number of nitrogens with zero attached hydrogens (tertiary/aromatic N) is 5. The highest BCUT2D eigenvalue weighted by molar-refractivity contribution is 6.09. The molecule has 1 amide bonds. The Balaban J connectivity index is 1.64. The van der Waals surface area contributed by atoms with Crippen LogP contribution in [0.25, 0.3) is 0 Å². The third-order valence-electron chi connectivity index (χ3n) is 4.39. The molecule has 0 radical (unpaired) electrons. The van der Waals surface area contributed by atoms with Gasteiger partial charge in [0.05, 0.1) is 54.0 Å². The van der Waals surface area contributed by atoms with Crippen LogP contribution in [-0.2, 0) is 4.74 Å². The average Bonchev–Trinajstić information content (AvgIpc) is 3.61. The number of hydrogen-bond acceptors (Lipinski definition) is 9. The van der Waals surface area contributed by atoms with Gasteiger partial charge in [-0.05, 0) is 25.8 Å². The van der Waals surface area contributed by atoms with Gasteiger partial charge in [0.2, 0.25) is 0 Å². The van der Waals surface area contributed by atoms with E-state index in [1.165, 1.54) is 24.8 Å². The molecule has 3 aromatic heterocycles. The molecule has 0 aromatic carbocycles. The number of pyridine rings is 1. The highest BCUT2D eigenvalue weighted by Crippen LogP contribution is 2.39. The summed E-state index contributed by atoms with van der Waals surface area (Å²) in [5.41, 5.74) is 1.85. The molecular weight excluding hydrogens is 386 g/mol. The molecule has 1 aliphatic carbocycles. The van der Waals surface area contributed by atoms with E-state index in [1.54, 1.807) is 25.5 Å². The number of anilines is 3. The molecule has 30 heavy (non-hydrogen) atoms. The fourth-order valence-corrected chi connectivity index (χ4v) is 2.79. The molecule has 1 aliphatic rings. The van der Waals surface area contributed by atoms with Crippen LogP contribution in [0, 0.1) is 0 Å². The third kappa shape index (κ3) is 4.37. The van der Waals surface area contributed by atoms with Gasteiger partial charge in [-0.25, -0.2) is 24.7 Å². The first-order valence-electron chi connectivity index (χ1n) is 9.47. The zero-order valence-electron chi connectivity index (χ0n) is 16.2. The van der Waals surface area contributed by atoms with Crippen molar-refractivity contribution in [3.05, 3.63) is 60.3 Å². The van der Waals surface area contributed by atoms with Crippen molar-refractivity contribution in [1.29, 1.82) is 0 Å². The summed E-state index contributed by atoms with van der Waals surface area (Å²) in [5.74, 6) is -0.504. The van der Waals surface area contributed by atoms with Gasteiger partial charge < -0.3 is 15.4 Å². The SMILES string of the molecule is CCOC(=O)c1ccncc1NC(=O)c1nc(C2CC2)cnc1Nc1cncnc1. The van der Waals surface area contributed by atoms with E-state index in [2.05, 4.69) is 35.6 Å². The summed E-state index contributed by atoms with van der Waals surface area (Å²) in [6.07, 6.45) is 11.1. The summed E-state index contributed by atoms with van der Waals surface area (Å²) >= 11 is 0. The van der Waals surface area contributed by atoms with Gasteiger partial charge in [-0.15, -0.1) is 0 Å². The molecule has 0 spiro atoms. The molecule has 3 aromatic rings. The quantitative estimate of drug-likeness (QED) is 0.569. The average molecular weight is 405 g/mol. The lowest BCUT2D eigenvalue weighted by Gasteiger charge is -2.13. The molecular formula is C20H19N7O3. The summed E-state index contributed by atoms with van der Waals surface area (Å²) in [7, 11) is 0. The van der Waals surface area contributed by atoms with Gasteiger partial charge in [-0.1, -0.05) is 0 Å². The molecule has 152 valence electrons. The van der Waals surface area contributed by atoms with Crippen molar-refractivity contribution in [3.8, 4) is 0 Å². The van der Waals surface area contributed by atoms with Gasteiger partial charge in [0, 0.05) is 12.1 Å². The maximum absolute atomic E-state index is 13.1. The first kappa shape index (κ1) is 19.4. The van der Waals surface area contributed by atoms with E-state index in [1.807, 2.05) is 0 Å². The Morgan fingerprint density at radius 1 is 1.13 bits per heavy atom. The van der Waals surface area contributed by atoms with Crippen LogP contribution in [0.2, 0.25) is 0 Å². The van der Waals surface area contributed by atoms with Crippen LogP contribution in [0.3, 0.4) is 0 Å². The van der Waals surface area contributed by atoms with E-state index in [0.29, 0.717) is 11.6 Å². The van der Waals surface area contributed by atoms with Crippen molar-refractivity contribution in [3.63, 3.8) is 0 Å². The van der Waals surface area contributed by atoms with E-state index < -0.39 is 11.9 Å². The standard InChI is InChI=1S/C20H19N7O3/c1-2-30-20(29)14-5-6-21-9-16(14)27-19(28)17-18(25-13-7-22-11-23-8-13)24-10-15(26-17)12-3-4-12/h5-12H,2-4H2,1H3,(H,24,25)(H,27,28). The molecule has 0 aliphatic heterocycles. The van der Waals surface area contributed by atoms with E-state index in [0.717, 1.165) is 18.5 Å². The summed E-state index contributed by atoms with van der Waals surface area (Å²) < 4.78 is 5.05.